The lowest BCUT2D eigenvalue weighted by atomic mass is 9.90. The number of rotatable bonds is 14. The number of hydrogen-bond acceptors (Lipinski definition) is 9. The summed E-state index contributed by atoms with van der Waals surface area (Å²) in [5.41, 5.74) is 4.46. The maximum Gasteiger partial charge on any atom is 0.407 e. The Bertz CT molecular complexity index is 1270. The van der Waals surface area contributed by atoms with Gasteiger partial charge in [0.1, 0.15) is 18.4 Å². The van der Waals surface area contributed by atoms with Gasteiger partial charge in [0.2, 0.25) is 5.91 Å². The molecule has 1 atom stereocenters. The first kappa shape index (κ1) is 37.5. The van der Waals surface area contributed by atoms with E-state index in [4.69, 9.17) is 23.7 Å². The number of benzene rings is 2. The first-order chi connectivity index (χ1) is 23.3. The lowest BCUT2D eigenvalue weighted by Gasteiger charge is -2.43. The van der Waals surface area contributed by atoms with E-state index in [-0.39, 0.29) is 55.1 Å². The van der Waals surface area contributed by atoms with Crippen molar-refractivity contribution < 1.29 is 38.1 Å². The Labute approximate surface area is 284 Å². The molecule has 1 unspecified atom stereocenters. The van der Waals surface area contributed by atoms with Gasteiger partial charge >= 0.3 is 6.09 Å². The van der Waals surface area contributed by atoms with Crippen LogP contribution in [0.3, 0.4) is 0 Å². The Kier molecular flexibility index (Phi) is 14.8. The number of ether oxygens (including phenoxy) is 5. The summed E-state index contributed by atoms with van der Waals surface area (Å²) in [6, 6.07) is 15.4. The maximum atomic E-state index is 12.5. The standard InChI is InChI=1S/C24H28N2O4.C13H25NO4/c1-3-14-25-23(28)22(13-12-16(2)27)26-24(29)30-15-21-19-10-6-4-8-17(19)18-9-5-7-11-20(18)21;1-3-11-15-7-13(8-16-11)9-17-12(18-10-13)5-4-6-14-2/h4-11,21-22H,3,12-15H2,1-2H3,(H,25,28)(H,26,29);11-12,14H,3-10H2,1-2H3. The van der Waals surface area contributed by atoms with E-state index < -0.39 is 12.1 Å². The zero-order chi connectivity index (χ0) is 34.4. The Morgan fingerprint density at radius 1 is 0.875 bits per heavy atom. The molecule has 48 heavy (non-hydrogen) atoms. The summed E-state index contributed by atoms with van der Waals surface area (Å²) >= 11 is 0. The van der Waals surface area contributed by atoms with Crippen LogP contribution >= 0.6 is 0 Å². The molecule has 2 fully saturated rings. The van der Waals surface area contributed by atoms with Crippen LogP contribution < -0.4 is 16.0 Å². The van der Waals surface area contributed by atoms with Crippen LogP contribution in [0.5, 0.6) is 0 Å². The number of carbonyl (C=O) groups is 3. The summed E-state index contributed by atoms with van der Waals surface area (Å²) in [4.78, 5) is 36.1. The highest BCUT2D eigenvalue weighted by atomic mass is 16.7. The summed E-state index contributed by atoms with van der Waals surface area (Å²) in [6.07, 6.45) is 3.38. The van der Waals surface area contributed by atoms with Crippen LogP contribution in [0.1, 0.15) is 76.3 Å². The SMILES string of the molecule is CCC1OCC2(CO1)COC(CCCNC)OC2.CCCNC(=O)C(CCC(C)=O)NC(=O)OCC1c2ccccc2-c2ccccc21. The molecule has 0 bridgehead atoms. The van der Waals surface area contributed by atoms with Crippen molar-refractivity contribution >= 4 is 17.8 Å². The van der Waals surface area contributed by atoms with Gasteiger partial charge in [-0.3, -0.25) is 4.79 Å². The van der Waals surface area contributed by atoms with Crippen LogP contribution in [0, 0.1) is 5.41 Å². The predicted molar refractivity (Wildman–Crippen MR) is 182 cm³/mol. The number of carbonyl (C=O) groups excluding carboxylic acids is 3. The minimum atomic E-state index is -0.795. The van der Waals surface area contributed by atoms with Gasteiger partial charge in [0.25, 0.3) is 0 Å². The van der Waals surface area contributed by atoms with Crippen LogP contribution in [0.4, 0.5) is 4.79 Å². The minimum absolute atomic E-state index is 0.0300. The van der Waals surface area contributed by atoms with Gasteiger partial charge in [-0.1, -0.05) is 62.4 Å². The fraction of sp³-hybridized carbons (Fsp3) is 0.595. The molecule has 0 saturated carbocycles. The molecule has 3 N–H and O–H groups in total. The second-order valence-electron chi connectivity index (χ2n) is 12.8. The third-order valence-electron chi connectivity index (χ3n) is 8.79. The molecule has 2 aromatic carbocycles. The van der Waals surface area contributed by atoms with E-state index in [9.17, 15) is 14.4 Å². The van der Waals surface area contributed by atoms with Crippen LogP contribution in [-0.2, 0) is 33.3 Å². The second kappa shape index (κ2) is 19.0. The molecule has 0 aromatic heterocycles. The van der Waals surface area contributed by atoms with Crippen molar-refractivity contribution in [1.29, 1.82) is 0 Å². The van der Waals surface area contributed by atoms with Gasteiger partial charge in [0.05, 0.1) is 31.8 Å². The Hall–Kier alpha value is -3.35. The van der Waals surface area contributed by atoms with Crippen molar-refractivity contribution in [2.24, 2.45) is 5.41 Å². The van der Waals surface area contributed by atoms with E-state index in [1.807, 2.05) is 38.2 Å². The highest BCUT2D eigenvalue weighted by Crippen LogP contribution is 2.44. The number of fused-ring (bicyclic) bond motifs is 3. The molecule has 3 aliphatic rings. The van der Waals surface area contributed by atoms with E-state index in [1.165, 1.54) is 6.92 Å². The molecule has 2 aromatic rings. The van der Waals surface area contributed by atoms with Gasteiger partial charge < -0.3 is 44.4 Å². The summed E-state index contributed by atoms with van der Waals surface area (Å²) in [7, 11) is 1.96. The van der Waals surface area contributed by atoms with Crippen molar-refractivity contribution in [2.75, 3.05) is 53.2 Å². The van der Waals surface area contributed by atoms with Crippen LogP contribution in [-0.4, -0.2) is 89.6 Å². The Balaban J connectivity index is 0.000000246. The molecule has 11 heteroatoms. The largest absolute Gasteiger partial charge is 0.449 e. The molecular weight excluding hydrogens is 614 g/mol. The van der Waals surface area contributed by atoms with Gasteiger partial charge in [-0.2, -0.15) is 0 Å². The van der Waals surface area contributed by atoms with Crippen molar-refractivity contribution in [3.05, 3.63) is 59.7 Å². The molecule has 2 heterocycles. The third kappa shape index (κ3) is 10.6. The van der Waals surface area contributed by atoms with Crippen LogP contribution in [0.25, 0.3) is 11.1 Å². The van der Waals surface area contributed by atoms with Gasteiger partial charge in [-0.25, -0.2) is 4.79 Å². The molecule has 11 nitrogen and oxygen atoms in total. The third-order valence-corrected chi connectivity index (χ3v) is 8.79. The van der Waals surface area contributed by atoms with Crippen molar-refractivity contribution in [3.63, 3.8) is 0 Å². The van der Waals surface area contributed by atoms with E-state index >= 15 is 0 Å². The number of alkyl carbamates (subject to hydrolysis) is 1. The monoisotopic (exact) mass is 667 g/mol. The lowest BCUT2D eigenvalue weighted by molar-refractivity contribution is -0.303. The highest BCUT2D eigenvalue weighted by Gasteiger charge is 2.41. The van der Waals surface area contributed by atoms with E-state index in [1.54, 1.807) is 0 Å². The number of Topliss-reactive ketones (excluding diaryl/α,β-unsaturated/α-hetero) is 1. The van der Waals surface area contributed by atoms with Gasteiger partial charge in [0, 0.05) is 18.9 Å². The second-order valence-corrected chi connectivity index (χ2v) is 12.8. The lowest BCUT2D eigenvalue weighted by Crippen LogP contribution is -2.52. The molecule has 5 rings (SSSR count). The molecule has 264 valence electrons. The first-order valence-corrected chi connectivity index (χ1v) is 17.3. The minimum Gasteiger partial charge on any atom is -0.449 e. The molecule has 2 amide bonds. The highest BCUT2D eigenvalue weighted by molar-refractivity contribution is 5.86. The molecule has 1 spiro atoms. The maximum absolute atomic E-state index is 12.5. The van der Waals surface area contributed by atoms with Crippen molar-refractivity contribution in [2.45, 2.75) is 83.8 Å². The molecular formula is C37H53N3O8. The van der Waals surface area contributed by atoms with Crippen LogP contribution in [0.15, 0.2) is 48.5 Å². The average molecular weight is 668 g/mol. The van der Waals surface area contributed by atoms with Crippen LogP contribution in [0.2, 0.25) is 0 Å². The summed E-state index contributed by atoms with van der Waals surface area (Å²) in [5, 5.41) is 8.52. The Morgan fingerprint density at radius 3 is 2.00 bits per heavy atom. The smallest absolute Gasteiger partial charge is 0.407 e. The predicted octanol–water partition coefficient (Wildman–Crippen LogP) is 4.92. The quantitative estimate of drug-likeness (QED) is 0.240. The first-order valence-electron chi connectivity index (χ1n) is 17.3. The average Bonchev–Trinajstić information content (AvgIpc) is 3.43. The summed E-state index contributed by atoms with van der Waals surface area (Å²) < 4.78 is 28.4. The molecule has 1 aliphatic carbocycles. The summed E-state index contributed by atoms with van der Waals surface area (Å²) in [5.74, 6) is -0.378. The summed E-state index contributed by atoms with van der Waals surface area (Å²) in [6.45, 7) is 9.87. The fourth-order valence-electron chi connectivity index (χ4n) is 6.04. The topological polar surface area (TPSA) is 133 Å². The molecule has 0 radical (unpaired) electrons. The van der Waals surface area contributed by atoms with Gasteiger partial charge in [-0.05, 0) is 74.9 Å². The van der Waals surface area contributed by atoms with Gasteiger partial charge in [0.15, 0.2) is 12.6 Å². The molecule has 2 saturated heterocycles. The molecule has 2 aliphatic heterocycles. The number of amides is 2. The van der Waals surface area contributed by atoms with Crippen molar-refractivity contribution in [3.8, 4) is 11.1 Å². The zero-order valence-electron chi connectivity index (χ0n) is 28.9. The number of nitrogens with one attached hydrogen (secondary N) is 3. The van der Waals surface area contributed by atoms with Crippen molar-refractivity contribution in [1.82, 2.24) is 16.0 Å². The van der Waals surface area contributed by atoms with E-state index in [0.717, 1.165) is 54.5 Å². The van der Waals surface area contributed by atoms with E-state index in [2.05, 4.69) is 47.1 Å². The number of ketones is 1. The van der Waals surface area contributed by atoms with Gasteiger partial charge in [-0.15, -0.1) is 0 Å². The Morgan fingerprint density at radius 2 is 1.46 bits per heavy atom. The normalized spacial score (nSPS) is 22.1. The fourth-order valence-corrected chi connectivity index (χ4v) is 6.04. The number of hydrogen-bond donors (Lipinski definition) is 3. The van der Waals surface area contributed by atoms with E-state index in [0.29, 0.717) is 33.0 Å². The zero-order valence-corrected chi connectivity index (χ0v) is 28.9.